The summed E-state index contributed by atoms with van der Waals surface area (Å²) in [5.41, 5.74) is 0. The van der Waals surface area contributed by atoms with Gasteiger partial charge in [0.25, 0.3) is 0 Å². The summed E-state index contributed by atoms with van der Waals surface area (Å²) in [6.07, 6.45) is 14.8. The van der Waals surface area contributed by atoms with Gasteiger partial charge in [-0.25, -0.2) is 8.42 Å². The lowest BCUT2D eigenvalue weighted by Gasteiger charge is -2.41. The summed E-state index contributed by atoms with van der Waals surface area (Å²) in [4.78, 5) is 0. The second-order valence-corrected chi connectivity index (χ2v) is 9.52. The Morgan fingerprint density at radius 1 is 0.769 bits per heavy atom. The third kappa shape index (κ3) is 12.3. The number of unbranched alkanes of at least 4 members (excludes halogenated alkanes) is 10. The molecule has 1 heterocycles. The van der Waals surface area contributed by atoms with Gasteiger partial charge in [-0.15, -0.1) is 0 Å². The van der Waals surface area contributed by atoms with Crippen LogP contribution in [-0.2, 0) is 14.9 Å². The highest BCUT2D eigenvalue weighted by atomic mass is 32.2. The molecule has 5 nitrogen and oxygen atoms in total. The molecule has 0 aromatic rings. The lowest BCUT2D eigenvalue weighted by atomic mass is 10.1. The molecule has 1 aliphatic rings. The summed E-state index contributed by atoms with van der Waals surface area (Å²) in [5.74, 6) is -0.220. The van der Waals surface area contributed by atoms with Crippen molar-refractivity contribution in [1.82, 2.24) is 0 Å². The van der Waals surface area contributed by atoms with Gasteiger partial charge in [-0.3, -0.25) is 0 Å². The van der Waals surface area contributed by atoms with Crippen molar-refractivity contribution in [3.63, 3.8) is 0 Å². The molecule has 0 aliphatic carbocycles. The van der Waals surface area contributed by atoms with Gasteiger partial charge < -0.3 is 13.8 Å². The average molecular weight is 392 g/mol. The van der Waals surface area contributed by atoms with Crippen LogP contribution in [0.1, 0.15) is 84.0 Å². The van der Waals surface area contributed by atoms with Crippen LogP contribution in [0.3, 0.4) is 0 Å². The first kappa shape index (κ1) is 23.9. The smallest absolute Gasteiger partial charge is 0.102 e. The highest BCUT2D eigenvalue weighted by Crippen LogP contribution is 2.17. The minimum atomic E-state index is -4.07. The van der Waals surface area contributed by atoms with Gasteiger partial charge >= 0.3 is 0 Å². The SMILES string of the molecule is CCCCCCCCCCCC[N+]1(CCCCS(=O)(=O)[O-])CCOCC1. The van der Waals surface area contributed by atoms with Crippen LogP contribution in [0.2, 0.25) is 0 Å². The zero-order valence-corrected chi connectivity index (χ0v) is 17.7. The van der Waals surface area contributed by atoms with Crippen LogP contribution in [0.4, 0.5) is 0 Å². The maximum atomic E-state index is 10.8. The Bertz CT molecular complexity index is 433. The van der Waals surface area contributed by atoms with Crippen LogP contribution in [0.25, 0.3) is 0 Å². The molecule has 0 aromatic carbocycles. The van der Waals surface area contributed by atoms with Crippen LogP contribution < -0.4 is 0 Å². The molecule has 1 fully saturated rings. The van der Waals surface area contributed by atoms with Crippen LogP contribution in [0.5, 0.6) is 0 Å². The third-order valence-electron chi connectivity index (χ3n) is 5.68. The van der Waals surface area contributed by atoms with E-state index < -0.39 is 10.1 Å². The Morgan fingerprint density at radius 3 is 1.73 bits per heavy atom. The van der Waals surface area contributed by atoms with Gasteiger partial charge in [0.2, 0.25) is 0 Å². The minimum absolute atomic E-state index is 0.220. The zero-order chi connectivity index (χ0) is 19.1. The topological polar surface area (TPSA) is 66.4 Å². The molecule has 0 saturated carbocycles. The van der Waals surface area contributed by atoms with Crippen molar-refractivity contribution in [1.29, 1.82) is 0 Å². The molecular weight excluding hydrogens is 350 g/mol. The molecule has 26 heavy (non-hydrogen) atoms. The molecule has 1 aliphatic heterocycles. The number of nitrogens with zero attached hydrogens (tertiary/aromatic N) is 1. The van der Waals surface area contributed by atoms with E-state index in [1.807, 2.05) is 0 Å². The van der Waals surface area contributed by atoms with Gasteiger partial charge in [0.15, 0.2) is 0 Å². The summed E-state index contributed by atoms with van der Waals surface area (Å²) in [5, 5.41) is 0. The first-order valence-corrected chi connectivity index (χ1v) is 12.4. The van der Waals surface area contributed by atoms with Crippen molar-refractivity contribution >= 4 is 10.1 Å². The van der Waals surface area contributed by atoms with Gasteiger partial charge in [-0.1, -0.05) is 58.3 Å². The second-order valence-electron chi connectivity index (χ2n) is 8.00. The lowest BCUT2D eigenvalue weighted by molar-refractivity contribution is -0.935. The molecule has 0 spiro atoms. The molecule has 0 aromatic heterocycles. The fourth-order valence-electron chi connectivity index (χ4n) is 3.95. The molecule has 0 radical (unpaired) electrons. The molecule has 0 amide bonds. The van der Waals surface area contributed by atoms with Crippen molar-refractivity contribution < 1.29 is 22.2 Å². The highest BCUT2D eigenvalue weighted by molar-refractivity contribution is 7.85. The summed E-state index contributed by atoms with van der Waals surface area (Å²) in [6.45, 7) is 8.08. The molecule has 6 heteroatoms. The standard InChI is InChI=1S/C20H41NO4S/c1-2-3-4-5-6-7-8-9-10-11-14-21(16-18-25-19-17-21)15-12-13-20-26(22,23)24/h2-20H2,1H3. The first-order valence-electron chi connectivity index (χ1n) is 10.8. The first-order chi connectivity index (χ1) is 12.5. The van der Waals surface area contributed by atoms with Crippen LogP contribution >= 0.6 is 0 Å². The molecule has 0 bridgehead atoms. The van der Waals surface area contributed by atoms with E-state index in [1.54, 1.807) is 0 Å². The summed E-state index contributed by atoms with van der Waals surface area (Å²) < 4.78 is 38.8. The number of hydrogen-bond donors (Lipinski definition) is 0. The minimum Gasteiger partial charge on any atom is -0.748 e. The Hall–Kier alpha value is -0.170. The van der Waals surface area contributed by atoms with Crippen molar-refractivity contribution in [2.45, 2.75) is 84.0 Å². The Kier molecular flexibility index (Phi) is 12.8. The molecule has 0 N–H and O–H groups in total. The fraction of sp³-hybridized carbons (Fsp3) is 1.00. The highest BCUT2D eigenvalue weighted by Gasteiger charge is 2.29. The third-order valence-corrected chi connectivity index (χ3v) is 6.47. The molecule has 1 saturated heterocycles. The monoisotopic (exact) mass is 391 g/mol. The largest absolute Gasteiger partial charge is 0.748 e. The lowest BCUT2D eigenvalue weighted by Crippen LogP contribution is -2.56. The van der Waals surface area contributed by atoms with Crippen molar-refractivity contribution in [3.05, 3.63) is 0 Å². The van der Waals surface area contributed by atoms with Gasteiger partial charge in [0.05, 0.1) is 36.4 Å². The quantitative estimate of drug-likeness (QED) is 0.226. The van der Waals surface area contributed by atoms with E-state index in [4.69, 9.17) is 4.74 Å². The Balaban J connectivity index is 2.13. The van der Waals surface area contributed by atoms with Crippen LogP contribution in [0, 0.1) is 0 Å². The number of ether oxygens (including phenoxy) is 1. The predicted octanol–water partition coefficient (Wildman–Crippen LogP) is 4.08. The predicted molar refractivity (Wildman–Crippen MR) is 106 cm³/mol. The number of hydrogen-bond acceptors (Lipinski definition) is 4. The van der Waals surface area contributed by atoms with E-state index in [2.05, 4.69) is 6.92 Å². The maximum absolute atomic E-state index is 10.8. The van der Waals surface area contributed by atoms with E-state index in [0.29, 0.717) is 6.42 Å². The van der Waals surface area contributed by atoms with Crippen molar-refractivity contribution in [3.8, 4) is 0 Å². The number of quaternary nitrogens is 1. The number of rotatable bonds is 16. The van der Waals surface area contributed by atoms with Gasteiger partial charge in [0, 0.05) is 5.75 Å². The molecule has 0 unspecified atom stereocenters. The van der Waals surface area contributed by atoms with Crippen LogP contribution in [-0.4, -0.2) is 62.6 Å². The second kappa shape index (κ2) is 13.9. The molecule has 1 rings (SSSR count). The maximum Gasteiger partial charge on any atom is 0.102 e. The summed E-state index contributed by atoms with van der Waals surface area (Å²) in [7, 11) is -4.07. The summed E-state index contributed by atoms with van der Waals surface area (Å²) in [6, 6.07) is 0. The normalized spacial score (nSPS) is 17.5. The summed E-state index contributed by atoms with van der Waals surface area (Å²) >= 11 is 0. The molecule has 156 valence electrons. The number of morpholine rings is 1. The van der Waals surface area contributed by atoms with E-state index in [9.17, 15) is 13.0 Å². The Morgan fingerprint density at radius 2 is 1.23 bits per heavy atom. The van der Waals surface area contributed by atoms with E-state index >= 15 is 0 Å². The van der Waals surface area contributed by atoms with Gasteiger partial charge in [0.1, 0.15) is 13.1 Å². The zero-order valence-electron chi connectivity index (χ0n) is 16.9. The van der Waals surface area contributed by atoms with Crippen molar-refractivity contribution in [2.75, 3.05) is 45.1 Å². The van der Waals surface area contributed by atoms with Crippen LogP contribution in [0.15, 0.2) is 0 Å². The van der Waals surface area contributed by atoms with Gasteiger partial charge in [-0.05, 0) is 25.7 Å². The van der Waals surface area contributed by atoms with E-state index in [-0.39, 0.29) is 5.75 Å². The molecular formula is C20H41NO4S. The fourth-order valence-corrected chi connectivity index (χ4v) is 4.51. The van der Waals surface area contributed by atoms with Crippen molar-refractivity contribution in [2.24, 2.45) is 0 Å². The Labute approximate surface area is 161 Å². The average Bonchev–Trinajstić information content (AvgIpc) is 2.61. The van der Waals surface area contributed by atoms with E-state index in [1.165, 1.54) is 70.8 Å². The van der Waals surface area contributed by atoms with Gasteiger partial charge in [-0.2, -0.15) is 0 Å². The van der Waals surface area contributed by atoms with E-state index in [0.717, 1.165) is 43.8 Å². The molecule has 0 atom stereocenters.